The molecule has 1 aliphatic rings. The van der Waals surface area contributed by atoms with E-state index in [1.165, 1.54) is 0 Å². The van der Waals surface area contributed by atoms with E-state index < -0.39 is 0 Å². The summed E-state index contributed by atoms with van der Waals surface area (Å²) in [4.78, 5) is 0. The van der Waals surface area contributed by atoms with Crippen LogP contribution in [0.5, 0.6) is 5.75 Å². The molecule has 0 heterocycles. The van der Waals surface area contributed by atoms with Crippen LogP contribution < -0.4 is 4.74 Å². The first kappa shape index (κ1) is 16.3. The Morgan fingerprint density at radius 1 is 1.14 bits per heavy atom. The number of para-hydroxylation sites is 1. The predicted octanol–water partition coefficient (Wildman–Crippen LogP) is 4.80. The molecule has 0 radical (unpaired) electrons. The number of ether oxygens (including phenoxy) is 2. The Balaban J connectivity index is 2.54. The summed E-state index contributed by atoms with van der Waals surface area (Å²) in [6, 6.07) is 8.04. The third-order valence-corrected chi connectivity index (χ3v) is 4.07. The van der Waals surface area contributed by atoms with Gasteiger partial charge in [-0.2, -0.15) is 0 Å². The van der Waals surface area contributed by atoms with Crippen LogP contribution in [0.2, 0.25) is 0 Å². The number of allylic oxidation sites excluding steroid dienone is 4. The molecule has 0 N–H and O–H groups in total. The van der Waals surface area contributed by atoms with Gasteiger partial charge in [-0.3, -0.25) is 0 Å². The minimum absolute atomic E-state index is 0.0703. The van der Waals surface area contributed by atoms with Gasteiger partial charge in [-0.1, -0.05) is 48.6 Å². The topological polar surface area (TPSA) is 18.5 Å². The summed E-state index contributed by atoms with van der Waals surface area (Å²) in [7, 11) is 3.42. The average Bonchev–Trinajstić information content (AvgIpc) is 2.55. The highest BCUT2D eigenvalue weighted by Gasteiger charge is 2.30. The van der Waals surface area contributed by atoms with Gasteiger partial charge < -0.3 is 9.47 Å². The highest BCUT2D eigenvalue weighted by molar-refractivity contribution is 5.76. The lowest BCUT2D eigenvalue weighted by atomic mass is 9.74. The Morgan fingerprint density at radius 3 is 2.41 bits per heavy atom. The van der Waals surface area contributed by atoms with Crippen LogP contribution in [0.4, 0.5) is 0 Å². The summed E-state index contributed by atoms with van der Waals surface area (Å²) in [5, 5.41) is 0. The van der Waals surface area contributed by atoms with Gasteiger partial charge in [-0.25, -0.2) is 0 Å². The maximum Gasteiger partial charge on any atom is 0.126 e. The fourth-order valence-electron chi connectivity index (χ4n) is 3.02. The minimum Gasteiger partial charge on any atom is -0.496 e. The van der Waals surface area contributed by atoms with Gasteiger partial charge in [0.05, 0.1) is 7.11 Å². The maximum atomic E-state index is 5.64. The minimum atomic E-state index is -0.0886. The van der Waals surface area contributed by atoms with Crippen molar-refractivity contribution in [2.75, 3.05) is 14.2 Å². The second kappa shape index (κ2) is 7.28. The molecule has 2 heteroatoms. The van der Waals surface area contributed by atoms with E-state index in [9.17, 15) is 0 Å². The van der Waals surface area contributed by atoms with E-state index in [1.54, 1.807) is 14.2 Å². The fourth-order valence-corrected chi connectivity index (χ4v) is 3.02. The van der Waals surface area contributed by atoms with Crippen molar-refractivity contribution in [2.45, 2.75) is 18.9 Å². The molecule has 1 aromatic rings. The molecule has 0 saturated carbocycles. The summed E-state index contributed by atoms with van der Waals surface area (Å²) in [6.45, 7) is 7.80. The zero-order valence-electron chi connectivity index (χ0n) is 13.4. The van der Waals surface area contributed by atoms with E-state index in [2.05, 4.69) is 37.5 Å². The highest BCUT2D eigenvalue weighted by Crippen LogP contribution is 2.42. The lowest BCUT2D eigenvalue weighted by Crippen LogP contribution is -2.23. The fraction of sp³-hybridized carbons (Fsp3) is 0.300. The van der Waals surface area contributed by atoms with Gasteiger partial charge >= 0.3 is 0 Å². The van der Waals surface area contributed by atoms with E-state index in [0.29, 0.717) is 0 Å². The Kier molecular flexibility index (Phi) is 5.40. The first-order valence-corrected chi connectivity index (χ1v) is 7.50. The quantitative estimate of drug-likeness (QED) is 0.673. The number of benzene rings is 1. The van der Waals surface area contributed by atoms with E-state index in [4.69, 9.17) is 9.47 Å². The van der Waals surface area contributed by atoms with E-state index in [0.717, 1.165) is 29.7 Å². The largest absolute Gasteiger partial charge is 0.496 e. The Hall–Kier alpha value is -2.06. The van der Waals surface area contributed by atoms with Crippen molar-refractivity contribution < 1.29 is 9.47 Å². The Bertz CT molecular complexity index is 585. The van der Waals surface area contributed by atoms with Gasteiger partial charge in [0, 0.05) is 18.1 Å². The molecule has 0 saturated heterocycles. The van der Waals surface area contributed by atoms with Crippen LogP contribution in [0.3, 0.4) is 0 Å². The Labute approximate surface area is 133 Å². The second-order valence-corrected chi connectivity index (χ2v) is 5.53. The predicted molar refractivity (Wildman–Crippen MR) is 93.0 cm³/mol. The van der Waals surface area contributed by atoms with Crippen molar-refractivity contribution >= 4 is 5.57 Å². The normalized spacial score (nSPS) is 19.4. The van der Waals surface area contributed by atoms with Gasteiger partial charge in [-0.15, -0.1) is 13.2 Å². The van der Waals surface area contributed by atoms with Crippen molar-refractivity contribution in [2.24, 2.45) is 5.41 Å². The number of methoxy groups -OCH3 is 2. The molecule has 0 aliphatic heterocycles. The molecular weight excluding hydrogens is 272 g/mol. The van der Waals surface area contributed by atoms with E-state index in [1.807, 2.05) is 30.4 Å². The van der Waals surface area contributed by atoms with Crippen LogP contribution in [0, 0.1) is 5.41 Å². The van der Waals surface area contributed by atoms with Crippen LogP contribution in [-0.2, 0) is 4.74 Å². The molecular formula is C20H24O2. The van der Waals surface area contributed by atoms with Crippen molar-refractivity contribution in [1.82, 2.24) is 0 Å². The SMILES string of the molecule is C=CCC1(CC=C)C=CC(OC)C(c2ccccc2OC)=C1. The molecule has 2 rings (SSSR count). The monoisotopic (exact) mass is 296 g/mol. The average molecular weight is 296 g/mol. The van der Waals surface area contributed by atoms with Gasteiger partial charge in [0.15, 0.2) is 0 Å². The van der Waals surface area contributed by atoms with Crippen LogP contribution in [0.1, 0.15) is 18.4 Å². The molecule has 116 valence electrons. The summed E-state index contributed by atoms with van der Waals surface area (Å²) in [5.41, 5.74) is 2.11. The number of rotatable bonds is 7. The van der Waals surface area contributed by atoms with Crippen LogP contribution in [0.15, 0.2) is 67.8 Å². The molecule has 22 heavy (non-hydrogen) atoms. The van der Waals surface area contributed by atoms with Gasteiger partial charge in [-0.05, 0) is 24.5 Å². The van der Waals surface area contributed by atoms with Crippen LogP contribution >= 0.6 is 0 Å². The maximum absolute atomic E-state index is 5.64. The summed E-state index contributed by atoms with van der Waals surface area (Å²) in [6.07, 6.45) is 12.2. The summed E-state index contributed by atoms with van der Waals surface area (Å²) >= 11 is 0. The lowest BCUT2D eigenvalue weighted by molar-refractivity contribution is 0.180. The Morgan fingerprint density at radius 2 is 1.82 bits per heavy atom. The summed E-state index contributed by atoms with van der Waals surface area (Å²) < 4.78 is 11.2. The third-order valence-electron chi connectivity index (χ3n) is 4.07. The van der Waals surface area contributed by atoms with Gasteiger partial charge in [0.25, 0.3) is 0 Å². The van der Waals surface area contributed by atoms with Crippen molar-refractivity contribution in [1.29, 1.82) is 0 Å². The first-order valence-electron chi connectivity index (χ1n) is 7.50. The molecule has 0 bridgehead atoms. The molecule has 0 aromatic heterocycles. The van der Waals surface area contributed by atoms with Gasteiger partial charge in [0.2, 0.25) is 0 Å². The molecule has 0 amide bonds. The number of hydrogen-bond donors (Lipinski definition) is 0. The molecule has 0 fully saturated rings. The molecule has 1 unspecified atom stereocenters. The van der Waals surface area contributed by atoms with E-state index >= 15 is 0 Å². The molecule has 0 spiro atoms. The van der Waals surface area contributed by atoms with Gasteiger partial charge in [0.1, 0.15) is 11.9 Å². The molecule has 1 atom stereocenters. The first-order chi connectivity index (χ1) is 10.7. The molecule has 2 nitrogen and oxygen atoms in total. The standard InChI is InChI=1S/C20H24O2/c1-5-12-20(13-6-2)14-11-19(22-4)17(15-20)16-9-7-8-10-18(16)21-3/h5-11,14-15,19H,1-2,12-13H2,3-4H3. The third kappa shape index (κ3) is 3.23. The lowest BCUT2D eigenvalue weighted by Gasteiger charge is -2.33. The van der Waals surface area contributed by atoms with E-state index in [-0.39, 0.29) is 11.5 Å². The number of hydrogen-bond acceptors (Lipinski definition) is 2. The molecule has 1 aromatic carbocycles. The van der Waals surface area contributed by atoms with Crippen LogP contribution in [-0.4, -0.2) is 20.3 Å². The van der Waals surface area contributed by atoms with Crippen molar-refractivity contribution in [3.8, 4) is 5.75 Å². The highest BCUT2D eigenvalue weighted by atomic mass is 16.5. The zero-order valence-corrected chi connectivity index (χ0v) is 13.4. The molecule has 1 aliphatic carbocycles. The second-order valence-electron chi connectivity index (χ2n) is 5.53. The zero-order chi connectivity index (χ0) is 16.0. The van der Waals surface area contributed by atoms with Crippen LogP contribution in [0.25, 0.3) is 5.57 Å². The van der Waals surface area contributed by atoms with Crippen molar-refractivity contribution in [3.05, 3.63) is 73.4 Å². The smallest absolute Gasteiger partial charge is 0.126 e. The summed E-state index contributed by atoms with van der Waals surface area (Å²) in [5.74, 6) is 0.859. The van der Waals surface area contributed by atoms with Crippen molar-refractivity contribution in [3.63, 3.8) is 0 Å².